The van der Waals surface area contributed by atoms with E-state index in [1.54, 1.807) is 4.68 Å². The summed E-state index contributed by atoms with van der Waals surface area (Å²) < 4.78 is 1.63. The summed E-state index contributed by atoms with van der Waals surface area (Å²) in [4.78, 5) is 14.4. The van der Waals surface area contributed by atoms with Crippen LogP contribution < -0.4 is 5.32 Å². The second kappa shape index (κ2) is 9.36. The Morgan fingerprint density at radius 2 is 1.96 bits per heavy atom. The lowest BCUT2D eigenvalue weighted by atomic mass is 10.0. The van der Waals surface area contributed by atoms with Crippen LogP contribution in [0, 0.1) is 0 Å². The summed E-state index contributed by atoms with van der Waals surface area (Å²) >= 11 is 2.00. The van der Waals surface area contributed by atoms with Gasteiger partial charge in [-0.2, -0.15) is 11.8 Å². The van der Waals surface area contributed by atoms with E-state index < -0.39 is 0 Å². The lowest BCUT2D eigenvalue weighted by Crippen LogP contribution is -2.31. The van der Waals surface area contributed by atoms with Crippen LogP contribution in [0.3, 0.4) is 0 Å². The Morgan fingerprint density at radius 1 is 1.17 bits per heavy atom. The molecule has 1 aliphatic heterocycles. The molecular weight excluding hydrogens is 324 g/mol. The SMILES string of the molecule is O=C(Cn1nnnc1CN1CCCC1)NCCSC1CCCCC1. The third kappa shape index (κ3) is 5.44. The van der Waals surface area contributed by atoms with Gasteiger partial charge in [0.25, 0.3) is 0 Å². The zero-order chi connectivity index (χ0) is 16.6. The fourth-order valence-corrected chi connectivity index (χ4v) is 4.66. The number of nitrogens with one attached hydrogen (secondary N) is 1. The van der Waals surface area contributed by atoms with Crippen LogP contribution in [0.4, 0.5) is 0 Å². The largest absolute Gasteiger partial charge is 0.354 e. The predicted octanol–water partition coefficient (Wildman–Crippen LogP) is 1.45. The van der Waals surface area contributed by atoms with Crippen molar-refractivity contribution in [3.8, 4) is 0 Å². The molecule has 24 heavy (non-hydrogen) atoms. The highest BCUT2D eigenvalue weighted by Gasteiger charge is 2.17. The normalized spacial score (nSPS) is 19.7. The maximum absolute atomic E-state index is 12.1. The highest BCUT2D eigenvalue weighted by atomic mass is 32.2. The van der Waals surface area contributed by atoms with Crippen LogP contribution in [0.25, 0.3) is 0 Å². The van der Waals surface area contributed by atoms with Crippen LogP contribution in [-0.4, -0.2) is 61.7 Å². The first-order valence-corrected chi connectivity index (χ1v) is 10.2. The summed E-state index contributed by atoms with van der Waals surface area (Å²) in [6, 6.07) is 0. The lowest BCUT2D eigenvalue weighted by molar-refractivity contribution is -0.121. The first-order valence-electron chi connectivity index (χ1n) is 9.17. The first-order chi connectivity index (χ1) is 11.8. The summed E-state index contributed by atoms with van der Waals surface area (Å²) in [6.45, 7) is 3.86. The molecule has 1 saturated carbocycles. The average Bonchev–Trinajstić information content (AvgIpc) is 3.26. The molecule has 0 radical (unpaired) electrons. The van der Waals surface area contributed by atoms with Gasteiger partial charge in [0.1, 0.15) is 6.54 Å². The molecule has 1 aromatic heterocycles. The van der Waals surface area contributed by atoms with Crippen molar-refractivity contribution in [1.82, 2.24) is 30.4 Å². The third-order valence-corrected chi connectivity index (χ3v) is 6.18. The standard InChI is InChI=1S/C16H28N6OS/c23-16(17-8-11-24-14-6-2-1-3-7-14)13-22-15(18-19-20-22)12-21-9-4-5-10-21/h14H,1-13H2,(H,17,23). The van der Waals surface area contributed by atoms with E-state index in [0.29, 0.717) is 0 Å². The predicted molar refractivity (Wildman–Crippen MR) is 94.7 cm³/mol. The number of carbonyl (C=O) groups is 1. The Labute approximate surface area is 147 Å². The van der Waals surface area contributed by atoms with Crippen molar-refractivity contribution < 1.29 is 4.79 Å². The molecule has 1 saturated heterocycles. The number of aromatic nitrogens is 4. The maximum atomic E-state index is 12.1. The van der Waals surface area contributed by atoms with Crippen LogP contribution in [0.2, 0.25) is 0 Å². The van der Waals surface area contributed by atoms with Crippen LogP contribution in [0.1, 0.15) is 50.8 Å². The molecule has 0 aromatic carbocycles. The fraction of sp³-hybridized carbons (Fsp3) is 0.875. The summed E-state index contributed by atoms with van der Waals surface area (Å²) in [6.07, 6.45) is 9.26. The van der Waals surface area contributed by atoms with Crippen LogP contribution in [0.5, 0.6) is 0 Å². The van der Waals surface area contributed by atoms with Gasteiger partial charge in [0.05, 0.1) is 6.54 Å². The van der Waals surface area contributed by atoms with Crippen molar-refractivity contribution in [2.24, 2.45) is 0 Å². The van der Waals surface area contributed by atoms with E-state index in [1.807, 2.05) is 11.8 Å². The minimum absolute atomic E-state index is 0.00536. The topological polar surface area (TPSA) is 75.9 Å². The number of carbonyl (C=O) groups excluding carboxylic acids is 1. The van der Waals surface area contributed by atoms with Crippen LogP contribution >= 0.6 is 11.8 Å². The molecule has 8 heteroatoms. The van der Waals surface area contributed by atoms with E-state index in [1.165, 1.54) is 44.9 Å². The van der Waals surface area contributed by atoms with Gasteiger partial charge in [-0.15, -0.1) is 5.10 Å². The number of thioether (sulfide) groups is 1. The number of rotatable bonds is 8. The molecule has 2 heterocycles. The van der Waals surface area contributed by atoms with E-state index in [2.05, 4.69) is 25.7 Å². The molecule has 1 aliphatic carbocycles. The molecule has 3 rings (SSSR count). The Hall–Kier alpha value is -1.15. The Balaban J connectivity index is 1.35. The van der Waals surface area contributed by atoms with Crippen molar-refractivity contribution in [2.75, 3.05) is 25.4 Å². The van der Waals surface area contributed by atoms with E-state index in [4.69, 9.17) is 0 Å². The van der Waals surface area contributed by atoms with Gasteiger partial charge in [-0.25, -0.2) is 4.68 Å². The summed E-state index contributed by atoms with van der Waals surface area (Å²) in [5.74, 6) is 1.77. The van der Waals surface area contributed by atoms with Gasteiger partial charge in [0.2, 0.25) is 5.91 Å². The van der Waals surface area contributed by atoms with E-state index >= 15 is 0 Å². The molecule has 134 valence electrons. The molecule has 0 spiro atoms. The Morgan fingerprint density at radius 3 is 2.75 bits per heavy atom. The van der Waals surface area contributed by atoms with Crippen molar-refractivity contribution in [3.63, 3.8) is 0 Å². The van der Waals surface area contributed by atoms with Crippen LogP contribution in [-0.2, 0) is 17.9 Å². The maximum Gasteiger partial charge on any atom is 0.241 e. The van der Waals surface area contributed by atoms with Crippen molar-refractivity contribution in [2.45, 2.75) is 63.3 Å². The van der Waals surface area contributed by atoms with Gasteiger partial charge >= 0.3 is 0 Å². The molecule has 2 aliphatic rings. The number of tetrazole rings is 1. The number of likely N-dealkylation sites (tertiary alicyclic amines) is 1. The molecule has 1 aromatic rings. The zero-order valence-electron chi connectivity index (χ0n) is 14.3. The molecule has 2 fully saturated rings. The summed E-state index contributed by atoms with van der Waals surface area (Å²) in [5.41, 5.74) is 0. The Bertz CT molecular complexity index is 510. The number of nitrogens with zero attached hydrogens (tertiary/aromatic N) is 5. The minimum Gasteiger partial charge on any atom is -0.354 e. The van der Waals surface area contributed by atoms with E-state index in [0.717, 1.165) is 43.0 Å². The number of amides is 1. The van der Waals surface area contributed by atoms with Gasteiger partial charge in [-0.1, -0.05) is 19.3 Å². The van der Waals surface area contributed by atoms with Crippen molar-refractivity contribution in [1.29, 1.82) is 0 Å². The minimum atomic E-state index is -0.00536. The van der Waals surface area contributed by atoms with Gasteiger partial charge in [-0.05, 0) is 49.2 Å². The molecule has 0 bridgehead atoms. The van der Waals surface area contributed by atoms with Crippen molar-refractivity contribution in [3.05, 3.63) is 5.82 Å². The van der Waals surface area contributed by atoms with Gasteiger partial charge in [-0.3, -0.25) is 9.69 Å². The zero-order valence-corrected chi connectivity index (χ0v) is 15.1. The molecule has 7 nitrogen and oxygen atoms in total. The summed E-state index contributed by atoms with van der Waals surface area (Å²) in [7, 11) is 0. The Kier molecular flexibility index (Phi) is 6.89. The smallest absolute Gasteiger partial charge is 0.241 e. The first kappa shape index (κ1) is 17.7. The second-order valence-electron chi connectivity index (χ2n) is 6.72. The van der Waals surface area contributed by atoms with Gasteiger partial charge < -0.3 is 5.32 Å². The molecular formula is C16H28N6OS. The third-order valence-electron chi connectivity index (χ3n) is 4.79. The van der Waals surface area contributed by atoms with E-state index in [9.17, 15) is 4.79 Å². The lowest BCUT2D eigenvalue weighted by Gasteiger charge is -2.20. The highest BCUT2D eigenvalue weighted by Crippen LogP contribution is 2.27. The van der Waals surface area contributed by atoms with Crippen molar-refractivity contribution >= 4 is 17.7 Å². The summed E-state index contributed by atoms with van der Waals surface area (Å²) in [5, 5.41) is 15.5. The van der Waals surface area contributed by atoms with Crippen LogP contribution in [0.15, 0.2) is 0 Å². The number of hydrogen-bond acceptors (Lipinski definition) is 6. The monoisotopic (exact) mass is 352 g/mol. The molecule has 1 amide bonds. The fourth-order valence-electron chi connectivity index (χ4n) is 3.44. The molecule has 0 unspecified atom stereocenters. The molecule has 1 N–H and O–H groups in total. The average molecular weight is 353 g/mol. The van der Waals surface area contributed by atoms with E-state index in [-0.39, 0.29) is 12.5 Å². The quantitative estimate of drug-likeness (QED) is 0.714. The highest BCUT2D eigenvalue weighted by molar-refractivity contribution is 7.99. The second-order valence-corrected chi connectivity index (χ2v) is 8.13. The number of hydrogen-bond donors (Lipinski definition) is 1. The molecule has 0 atom stereocenters. The van der Waals surface area contributed by atoms with Gasteiger partial charge in [0.15, 0.2) is 5.82 Å². The van der Waals surface area contributed by atoms with Gasteiger partial charge in [0, 0.05) is 17.5 Å².